The fraction of sp³-hybridized carbons (Fsp3) is 0.474. The number of hydrogen-bond acceptors (Lipinski definition) is 6. The van der Waals surface area contributed by atoms with E-state index in [1.165, 1.54) is 4.90 Å². The monoisotopic (exact) mass is 484 g/mol. The van der Waals surface area contributed by atoms with E-state index in [-0.39, 0.29) is 24.0 Å². The van der Waals surface area contributed by atoms with Crippen molar-refractivity contribution < 1.29 is 19.1 Å². The van der Waals surface area contributed by atoms with Crippen molar-refractivity contribution >= 4 is 50.1 Å². The van der Waals surface area contributed by atoms with Gasteiger partial charge in [-0.1, -0.05) is 13.8 Å². The van der Waals surface area contributed by atoms with Crippen LogP contribution in [0.2, 0.25) is 0 Å². The number of carbonyl (C=O) groups is 3. The van der Waals surface area contributed by atoms with Gasteiger partial charge in [0, 0.05) is 20.3 Å². The zero-order valence-corrected chi connectivity index (χ0v) is 19.5. The van der Waals surface area contributed by atoms with E-state index in [9.17, 15) is 14.4 Å². The Morgan fingerprint density at radius 2 is 2.07 bits per heavy atom. The summed E-state index contributed by atoms with van der Waals surface area (Å²) in [5.74, 6) is -1.45. The molecule has 0 aliphatic carbocycles. The van der Waals surface area contributed by atoms with Gasteiger partial charge in [0.05, 0.1) is 40.2 Å². The smallest absolute Gasteiger partial charge is 0.341 e. The van der Waals surface area contributed by atoms with Crippen LogP contribution in [0.5, 0.6) is 0 Å². The third-order valence-corrected chi connectivity index (χ3v) is 5.74. The highest BCUT2D eigenvalue weighted by molar-refractivity contribution is 9.10. The summed E-state index contributed by atoms with van der Waals surface area (Å²) in [6.07, 6.45) is 4.10. The van der Waals surface area contributed by atoms with Gasteiger partial charge in [-0.3, -0.25) is 14.3 Å². The summed E-state index contributed by atoms with van der Waals surface area (Å²) in [5, 5.41) is 7.28. The second kappa shape index (κ2) is 10.0. The predicted octanol–water partition coefficient (Wildman–Crippen LogP) is 3.56. The van der Waals surface area contributed by atoms with Crippen molar-refractivity contribution in [3.63, 3.8) is 0 Å². The molecule has 2 aromatic rings. The summed E-state index contributed by atoms with van der Waals surface area (Å²) in [6, 6.07) is 0. The maximum Gasteiger partial charge on any atom is 0.341 e. The Bertz CT molecular complexity index is 906. The van der Waals surface area contributed by atoms with Crippen LogP contribution in [0.1, 0.15) is 45.9 Å². The fourth-order valence-electron chi connectivity index (χ4n) is 2.56. The van der Waals surface area contributed by atoms with Crippen molar-refractivity contribution in [2.24, 2.45) is 5.92 Å². The number of aromatic nitrogens is 2. The molecule has 0 aromatic carbocycles. The van der Waals surface area contributed by atoms with Gasteiger partial charge in [0.25, 0.3) is 5.91 Å². The van der Waals surface area contributed by atoms with Crippen molar-refractivity contribution in [3.05, 3.63) is 32.9 Å². The Labute approximate surface area is 182 Å². The van der Waals surface area contributed by atoms with Gasteiger partial charge in [-0.25, -0.2) is 4.79 Å². The molecule has 0 saturated carbocycles. The van der Waals surface area contributed by atoms with Gasteiger partial charge in [0.15, 0.2) is 0 Å². The van der Waals surface area contributed by atoms with Crippen LogP contribution in [0, 0.1) is 12.8 Å². The first kappa shape index (κ1) is 23.1. The predicted molar refractivity (Wildman–Crippen MR) is 115 cm³/mol. The molecule has 1 unspecified atom stereocenters. The molecule has 10 heteroatoms. The summed E-state index contributed by atoms with van der Waals surface area (Å²) in [4.78, 5) is 39.6. The lowest BCUT2D eigenvalue weighted by Crippen LogP contribution is -2.25. The fourth-order valence-corrected chi connectivity index (χ4v) is 4.11. The molecule has 0 bridgehead atoms. The lowest BCUT2D eigenvalue weighted by atomic mass is 10.1. The lowest BCUT2D eigenvalue weighted by Gasteiger charge is -2.12. The largest absolute Gasteiger partial charge is 0.462 e. The number of rotatable bonds is 8. The lowest BCUT2D eigenvalue weighted by molar-refractivity contribution is -0.119. The first-order valence-electron chi connectivity index (χ1n) is 9.16. The normalized spacial score (nSPS) is 11.8. The number of amides is 2. The molecular weight excluding hydrogens is 460 g/mol. The summed E-state index contributed by atoms with van der Waals surface area (Å²) < 4.78 is 7.75. The maximum atomic E-state index is 12.7. The SMILES string of the molecule is CCCOC(=O)c1c(NC(=O)C(C)Cn2cc(Br)cn2)sc(C(=O)N(C)C)c1C. The Morgan fingerprint density at radius 3 is 2.62 bits per heavy atom. The van der Waals surface area contributed by atoms with Gasteiger partial charge in [-0.15, -0.1) is 11.3 Å². The van der Waals surface area contributed by atoms with Gasteiger partial charge >= 0.3 is 5.97 Å². The number of ether oxygens (including phenoxy) is 1. The van der Waals surface area contributed by atoms with Crippen LogP contribution in [-0.4, -0.2) is 53.2 Å². The minimum atomic E-state index is -0.544. The van der Waals surface area contributed by atoms with Crippen molar-refractivity contribution in [1.82, 2.24) is 14.7 Å². The van der Waals surface area contributed by atoms with E-state index in [1.807, 2.05) is 6.92 Å². The quantitative estimate of drug-likeness (QED) is 0.578. The molecule has 1 N–H and O–H groups in total. The van der Waals surface area contributed by atoms with E-state index in [2.05, 4.69) is 26.3 Å². The molecule has 0 radical (unpaired) electrons. The number of carbonyl (C=O) groups excluding carboxylic acids is 3. The highest BCUT2D eigenvalue weighted by atomic mass is 79.9. The standard InChI is InChI=1S/C19H25BrN4O4S/c1-6-7-28-19(27)14-12(3)15(18(26)23(4)5)29-17(14)22-16(25)11(2)9-24-10-13(20)8-21-24/h8,10-11H,6-7,9H2,1-5H3,(H,22,25). The van der Waals surface area contributed by atoms with E-state index in [4.69, 9.17) is 4.74 Å². The van der Waals surface area contributed by atoms with Crippen molar-refractivity contribution in [2.45, 2.75) is 33.7 Å². The van der Waals surface area contributed by atoms with Crippen LogP contribution >= 0.6 is 27.3 Å². The molecule has 2 heterocycles. The Kier molecular flexibility index (Phi) is 7.97. The molecular formula is C19H25BrN4O4S. The van der Waals surface area contributed by atoms with Crippen LogP contribution in [-0.2, 0) is 16.1 Å². The number of anilines is 1. The first-order valence-corrected chi connectivity index (χ1v) is 10.8. The topological polar surface area (TPSA) is 93.5 Å². The van der Waals surface area contributed by atoms with Gasteiger partial charge in [0.2, 0.25) is 5.91 Å². The first-order chi connectivity index (χ1) is 13.6. The summed E-state index contributed by atoms with van der Waals surface area (Å²) in [6.45, 7) is 6.00. The van der Waals surface area contributed by atoms with Crippen LogP contribution in [0.3, 0.4) is 0 Å². The van der Waals surface area contributed by atoms with E-state index < -0.39 is 11.9 Å². The number of thiophene rings is 1. The molecule has 2 rings (SSSR count). The van der Waals surface area contributed by atoms with Gasteiger partial charge in [-0.2, -0.15) is 5.10 Å². The van der Waals surface area contributed by atoms with Crippen LogP contribution in [0.15, 0.2) is 16.9 Å². The number of nitrogens with zero attached hydrogens (tertiary/aromatic N) is 3. The second-order valence-electron chi connectivity index (χ2n) is 6.87. The third kappa shape index (κ3) is 5.66. The zero-order chi connectivity index (χ0) is 21.7. The van der Waals surface area contributed by atoms with Crippen molar-refractivity contribution in [2.75, 3.05) is 26.0 Å². The molecule has 158 valence electrons. The van der Waals surface area contributed by atoms with E-state index in [0.717, 1.165) is 15.8 Å². The Balaban J connectivity index is 2.28. The Hall–Kier alpha value is -2.20. The van der Waals surface area contributed by atoms with Gasteiger partial charge < -0.3 is 15.0 Å². The number of nitrogens with one attached hydrogen (secondary N) is 1. The minimum Gasteiger partial charge on any atom is -0.462 e. The molecule has 0 spiro atoms. The summed E-state index contributed by atoms with van der Waals surface area (Å²) >= 11 is 4.41. The molecule has 0 aliphatic rings. The van der Waals surface area contributed by atoms with Crippen LogP contribution in [0.4, 0.5) is 5.00 Å². The number of hydrogen-bond donors (Lipinski definition) is 1. The van der Waals surface area contributed by atoms with Crippen molar-refractivity contribution in [1.29, 1.82) is 0 Å². The van der Waals surface area contributed by atoms with Gasteiger partial charge in [-0.05, 0) is 34.8 Å². The number of halogens is 1. The van der Waals surface area contributed by atoms with Crippen LogP contribution in [0.25, 0.3) is 0 Å². The van der Waals surface area contributed by atoms with E-state index >= 15 is 0 Å². The molecule has 0 fully saturated rings. The molecule has 0 saturated heterocycles. The Morgan fingerprint density at radius 1 is 1.38 bits per heavy atom. The summed E-state index contributed by atoms with van der Waals surface area (Å²) in [7, 11) is 3.28. The van der Waals surface area contributed by atoms with Crippen molar-refractivity contribution in [3.8, 4) is 0 Å². The zero-order valence-electron chi connectivity index (χ0n) is 17.1. The molecule has 29 heavy (non-hydrogen) atoms. The molecule has 0 aliphatic heterocycles. The molecule has 8 nitrogen and oxygen atoms in total. The molecule has 1 atom stereocenters. The summed E-state index contributed by atoms with van der Waals surface area (Å²) in [5.41, 5.74) is 0.741. The third-order valence-electron chi connectivity index (χ3n) is 4.14. The van der Waals surface area contributed by atoms with Crippen LogP contribution < -0.4 is 5.32 Å². The average Bonchev–Trinajstić information content (AvgIpc) is 3.21. The number of esters is 1. The molecule has 2 amide bonds. The second-order valence-corrected chi connectivity index (χ2v) is 8.80. The highest BCUT2D eigenvalue weighted by Gasteiger charge is 2.28. The average molecular weight is 485 g/mol. The van der Waals surface area contributed by atoms with E-state index in [1.54, 1.807) is 45.0 Å². The minimum absolute atomic E-state index is 0.230. The van der Waals surface area contributed by atoms with Gasteiger partial charge in [0.1, 0.15) is 5.00 Å². The maximum absolute atomic E-state index is 12.7. The molecule has 2 aromatic heterocycles. The highest BCUT2D eigenvalue weighted by Crippen LogP contribution is 2.34. The van der Waals surface area contributed by atoms with E-state index in [0.29, 0.717) is 28.4 Å².